The van der Waals surface area contributed by atoms with Gasteiger partial charge in [-0.3, -0.25) is 0 Å². The van der Waals surface area contributed by atoms with Crippen LogP contribution in [-0.2, 0) is 9.47 Å². The van der Waals surface area contributed by atoms with E-state index in [1.54, 1.807) is 7.11 Å². The second-order valence-corrected chi connectivity index (χ2v) is 5.74. The van der Waals surface area contributed by atoms with Gasteiger partial charge >= 0.3 is 0 Å². The van der Waals surface area contributed by atoms with E-state index >= 15 is 0 Å². The summed E-state index contributed by atoms with van der Waals surface area (Å²) in [6.45, 7) is 5.12. The minimum atomic E-state index is 0.137. The Morgan fingerprint density at radius 1 is 1.35 bits per heavy atom. The van der Waals surface area contributed by atoms with Gasteiger partial charge in [0.2, 0.25) is 0 Å². The summed E-state index contributed by atoms with van der Waals surface area (Å²) >= 11 is 0. The summed E-state index contributed by atoms with van der Waals surface area (Å²) in [5.74, 6) is 0.880. The first kappa shape index (κ1) is 13.3. The zero-order valence-electron chi connectivity index (χ0n) is 11.3. The van der Waals surface area contributed by atoms with Gasteiger partial charge in [-0.1, -0.05) is 6.92 Å². The van der Waals surface area contributed by atoms with Crippen LogP contribution in [0.2, 0.25) is 0 Å². The lowest BCUT2D eigenvalue weighted by molar-refractivity contribution is -0.125. The SMILES string of the molecule is COCCCC1NCCOC12CCC(C)CC2. The molecule has 1 unspecified atom stereocenters. The topological polar surface area (TPSA) is 30.5 Å². The van der Waals surface area contributed by atoms with Gasteiger partial charge in [0.1, 0.15) is 0 Å². The van der Waals surface area contributed by atoms with Crippen LogP contribution in [0, 0.1) is 5.92 Å². The van der Waals surface area contributed by atoms with E-state index in [-0.39, 0.29) is 5.60 Å². The second kappa shape index (κ2) is 6.17. The van der Waals surface area contributed by atoms with Gasteiger partial charge in [0.25, 0.3) is 0 Å². The quantitative estimate of drug-likeness (QED) is 0.766. The van der Waals surface area contributed by atoms with E-state index in [0.717, 1.165) is 32.1 Å². The number of rotatable bonds is 4. The Morgan fingerprint density at radius 2 is 2.12 bits per heavy atom. The lowest BCUT2D eigenvalue weighted by atomic mass is 9.73. The zero-order chi connectivity index (χ0) is 12.1. The molecule has 1 aliphatic heterocycles. The van der Waals surface area contributed by atoms with Crippen molar-refractivity contribution in [2.24, 2.45) is 5.92 Å². The molecule has 2 aliphatic rings. The predicted molar refractivity (Wildman–Crippen MR) is 69.2 cm³/mol. The molecule has 1 spiro atoms. The summed E-state index contributed by atoms with van der Waals surface area (Å²) in [4.78, 5) is 0. The molecule has 2 rings (SSSR count). The van der Waals surface area contributed by atoms with Crippen LogP contribution in [0.1, 0.15) is 45.4 Å². The lowest BCUT2D eigenvalue weighted by Gasteiger charge is -2.48. The van der Waals surface area contributed by atoms with Crippen molar-refractivity contribution in [1.82, 2.24) is 5.32 Å². The Hall–Kier alpha value is -0.120. The van der Waals surface area contributed by atoms with Crippen molar-refractivity contribution in [2.45, 2.75) is 57.1 Å². The Kier molecular flexibility index (Phi) is 4.83. The molecule has 0 aromatic carbocycles. The molecular weight excluding hydrogens is 214 g/mol. The molecule has 3 heteroatoms. The van der Waals surface area contributed by atoms with Gasteiger partial charge in [-0.15, -0.1) is 0 Å². The molecule has 0 radical (unpaired) electrons. The summed E-state index contributed by atoms with van der Waals surface area (Å²) in [5.41, 5.74) is 0.137. The fraction of sp³-hybridized carbons (Fsp3) is 1.00. The number of morpholine rings is 1. The van der Waals surface area contributed by atoms with E-state index in [1.807, 2.05) is 0 Å². The van der Waals surface area contributed by atoms with E-state index in [4.69, 9.17) is 9.47 Å². The molecule has 0 bridgehead atoms. The van der Waals surface area contributed by atoms with Crippen molar-refractivity contribution < 1.29 is 9.47 Å². The maximum Gasteiger partial charge on any atom is 0.0835 e. The van der Waals surface area contributed by atoms with Gasteiger partial charge in [-0.2, -0.15) is 0 Å². The summed E-state index contributed by atoms with van der Waals surface area (Å²) in [6, 6.07) is 0.541. The first-order valence-corrected chi connectivity index (χ1v) is 7.13. The lowest BCUT2D eigenvalue weighted by Crippen LogP contribution is -2.59. The normalized spacial score (nSPS) is 38.5. The standard InChI is InChI=1S/C14H27NO2/c1-12-5-7-14(8-6-12)13(4-3-10-16-2)15-9-11-17-14/h12-13,15H,3-11H2,1-2H3. The first-order valence-electron chi connectivity index (χ1n) is 7.13. The number of methoxy groups -OCH3 is 1. The Labute approximate surface area is 105 Å². The van der Waals surface area contributed by atoms with E-state index in [0.29, 0.717) is 6.04 Å². The highest BCUT2D eigenvalue weighted by molar-refractivity contribution is 4.98. The minimum absolute atomic E-state index is 0.137. The second-order valence-electron chi connectivity index (χ2n) is 5.74. The molecule has 0 amide bonds. The van der Waals surface area contributed by atoms with E-state index in [1.165, 1.54) is 32.1 Å². The van der Waals surface area contributed by atoms with E-state index < -0.39 is 0 Å². The van der Waals surface area contributed by atoms with E-state index in [2.05, 4.69) is 12.2 Å². The van der Waals surface area contributed by atoms with Gasteiger partial charge in [-0.25, -0.2) is 0 Å². The first-order chi connectivity index (χ1) is 8.27. The summed E-state index contributed by atoms with van der Waals surface area (Å²) in [6.07, 6.45) is 7.43. The van der Waals surface area contributed by atoms with Crippen molar-refractivity contribution in [3.8, 4) is 0 Å². The van der Waals surface area contributed by atoms with Crippen molar-refractivity contribution >= 4 is 0 Å². The Morgan fingerprint density at radius 3 is 2.82 bits per heavy atom. The number of hydrogen-bond acceptors (Lipinski definition) is 3. The molecule has 1 atom stereocenters. The molecule has 1 saturated heterocycles. The summed E-state index contributed by atoms with van der Waals surface area (Å²) < 4.78 is 11.4. The molecule has 1 N–H and O–H groups in total. The molecule has 1 heterocycles. The average molecular weight is 241 g/mol. The summed E-state index contributed by atoms with van der Waals surface area (Å²) in [5, 5.41) is 3.67. The van der Waals surface area contributed by atoms with Crippen molar-refractivity contribution in [3.63, 3.8) is 0 Å². The molecular formula is C14H27NO2. The van der Waals surface area contributed by atoms with Crippen LogP contribution in [0.25, 0.3) is 0 Å². The van der Waals surface area contributed by atoms with Gasteiger partial charge in [-0.05, 0) is 44.4 Å². The molecule has 1 saturated carbocycles. The number of ether oxygens (including phenoxy) is 2. The van der Waals surface area contributed by atoms with Crippen LogP contribution >= 0.6 is 0 Å². The highest BCUT2D eigenvalue weighted by Crippen LogP contribution is 2.39. The van der Waals surface area contributed by atoms with Crippen LogP contribution in [0.3, 0.4) is 0 Å². The van der Waals surface area contributed by atoms with Crippen LogP contribution in [-0.4, -0.2) is 38.5 Å². The summed E-state index contributed by atoms with van der Waals surface area (Å²) in [7, 11) is 1.78. The highest BCUT2D eigenvalue weighted by atomic mass is 16.5. The predicted octanol–water partition coefficient (Wildman–Crippen LogP) is 2.35. The zero-order valence-corrected chi connectivity index (χ0v) is 11.3. The smallest absolute Gasteiger partial charge is 0.0835 e. The van der Waals surface area contributed by atoms with Crippen LogP contribution in [0.4, 0.5) is 0 Å². The maximum absolute atomic E-state index is 6.19. The fourth-order valence-corrected chi connectivity index (χ4v) is 3.31. The van der Waals surface area contributed by atoms with E-state index in [9.17, 15) is 0 Å². The molecule has 2 fully saturated rings. The van der Waals surface area contributed by atoms with Crippen molar-refractivity contribution in [2.75, 3.05) is 26.9 Å². The molecule has 0 aromatic heterocycles. The maximum atomic E-state index is 6.19. The molecule has 3 nitrogen and oxygen atoms in total. The third-order valence-corrected chi connectivity index (χ3v) is 4.48. The average Bonchev–Trinajstić information content (AvgIpc) is 2.36. The molecule has 1 aliphatic carbocycles. The van der Waals surface area contributed by atoms with Crippen molar-refractivity contribution in [3.05, 3.63) is 0 Å². The number of nitrogens with one attached hydrogen (secondary N) is 1. The monoisotopic (exact) mass is 241 g/mol. The third-order valence-electron chi connectivity index (χ3n) is 4.48. The van der Waals surface area contributed by atoms with Crippen molar-refractivity contribution in [1.29, 1.82) is 0 Å². The van der Waals surface area contributed by atoms with Gasteiger partial charge in [0, 0.05) is 26.3 Å². The largest absolute Gasteiger partial charge is 0.385 e. The molecule has 100 valence electrons. The highest BCUT2D eigenvalue weighted by Gasteiger charge is 2.43. The van der Waals surface area contributed by atoms with Crippen LogP contribution in [0.5, 0.6) is 0 Å². The fourth-order valence-electron chi connectivity index (χ4n) is 3.31. The van der Waals surface area contributed by atoms with Gasteiger partial charge < -0.3 is 14.8 Å². The number of hydrogen-bond donors (Lipinski definition) is 1. The Balaban J connectivity index is 1.91. The molecule has 17 heavy (non-hydrogen) atoms. The van der Waals surface area contributed by atoms with Gasteiger partial charge in [0.15, 0.2) is 0 Å². The molecule has 0 aromatic rings. The third kappa shape index (κ3) is 3.21. The Bertz CT molecular complexity index is 224. The van der Waals surface area contributed by atoms with Crippen LogP contribution < -0.4 is 5.32 Å². The van der Waals surface area contributed by atoms with Gasteiger partial charge in [0.05, 0.1) is 12.2 Å². The van der Waals surface area contributed by atoms with Crippen LogP contribution in [0.15, 0.2) is 0 Å². The minimum Gasteiger partial charge on any atom is -0.385 e.